The summed E-state index contributed by atoms with van der Waals surface area (Å²) in [5.74, 6) is 0.664. The van der Waals surface area contributed by atoms with E-state index in [1.165, 1.54) is 16.9 Å². The smallest absolute Gasteiger partial charge is 0.252 e. The van der Waals surface area contributed by atoms with E-state index in [0.717, 1.165) is 27.1 Å². The van der Waals surface area contributed by atoms with Gasteiger partial charge in [-0.15, -0.1) is 6.58 Å². The minimum atomic E-state index is -0.157. The van der Waals surface area contributed by atoms with Gasteiger partial charge in [0, 0.05) is 6.54 Å². The first-order chi connectivity index (χ1) is 12.5. The summed E-state index contributed by atoms with van der Waals surface area (Å²) in [6.07, 6.45) is 2.09. The number of ether oxygens (including phenoxy) is 1. The summed E-state index contributed by atoms with van der Waals surface area (Å²) in [5, 5.41) is 0. The maximum Gasteiger partial charge on any atom is 0.252 e. The Bertz CT molecular complexity index is 1040. The van der Waals surface area contributed by atoms with Crippen molar-refractivity contribution in [2.45, 2.75) is 26.8 Å². The average Bonchev–Trinajstić information content (AvgIpc) is 2.91. The highest BCUT2D eigenvalue weighted by Crippen LogP contribution is 2.20. The third-order valence-corrected chi connectivity index (χ3v) is 5.23. The fourth-order valence-electron chi connectivity index (χ4n) is 2.94. The number of allylic oxidation sites excluding steroid dienone is 1. The monoisotopic (exact) mass is 366 g/mol. The van der Waals surface area contributed by atoms with Crippen LogP contribution in [0.4, 0.5) is 0 Å². The van der Waals surface area contributed by atoms with Crippen LogP contribution < -0.4 is 9.54 Å². The van der Waals surface area contributed by atoms with Crippen LogP contribution in [0.25, 0.3) is 10.2 Å². The third-order valence-electron chi connectivity index (χ3n) is 4.18. The van der Waals surface area contributed by atoms with E-state index >= 15 is 0 Å². The molecule has 0 atom stereocenters. The van der Waals surface area contributed by atoms with Crippen molar-refractivity contribution >= 4 is 27.5 Å². The predicted molar refractivity (Wildman–Crippen MR) is 107 cm³/mol. The second-order valence-electron chi connectivity index (χ2n) is 6.24. The van der Waals surface area contributed by atoms with Crippen LogP contribution in [0.2, 0.25) is 0 Å². The second kappa shape index (κ2) is 7.70. The lowest BCUT2D eigenvalue weighted by Crippen LogP contribution is -2.16. The van der Waals surface area contributed by atoms with E-state index in [9.17, 15) is 4.79 Å². The molecule has 1 aromatic heterocycles. The number of benzene rings is 2. The van der Waals surface area contributed by atoms with Gasteiger partial charge in [-0.2, -0.15) is 4.99 Å². The lowest BCUT2D eigenvalue weighted by molar-refractivity contribution is -0.117. The Kier molecular flexibility index (Phi) is 5.38. The van der Waals surface area contributed by atoms with Crippen LogP contribution in [0, 0.1) is 13.8 Å². The minimum Gasteiger partial charge on any atom is -0.496 e. The molecule has 0 N–H and O–H groups in total. The molecule has 0 saturated carbocycles. The number of nitrogens with zero attached hydrogens (tertiary/aromatic N) is 2. The molecule has 26 heavy (non-hydrogen) atoms. The SMILES string of the molecule is C=CCn1c(=NC(=O)Cc2ccc(OC)c(C)c2)sc2cc(C)ccc21. The van der Waals surface area contributed by atoms with Crippen molar-refractivity contribution in [3.63, 3.8) is 0 Å². The summed E-state index contributed by atoms with van der Waals surface area (Å²) < 4.78 is 8.42. The zero-order chi connectivity index (χ0) is 18.7. The molecule has 1 heterocycles. The summed E-state index contributed by atoms with van der Waals surface area (Å²) in [4.78, 5) is 17.6. The van der Waals surface area contributed by atoms with Gasteiger partial charge in [-0.3, -0.25) is 4.79 Å². The van der Waals surface area contributed by atoms with Gasteiger partial charge in [0.1, 0.15) is 5.75 Å². The predicted octanol–water partition coefficient (Wildman–Crippen LogP) is 4.18. The fraction of sp³-hybridized carbons (Fsp3) is 0.238. The Balaban J connectivity index is 1.95. The maximum atomic E-state index is 12.5. The number of carbonyl (C=O) groups excluding carboxylic acids is 1. The number of rotatable bonds is 5. The van der Waals surface area contributed by atoms with E-state index in [1.807, 2.05) is 35.8 Å². The van der Waals surface area contributed by atoms with E-state index in [0.29, 0.717) is 11.3 Å². The molecule has 3 aromatic rings. The summed E-state index contributed by atoms with van der Waals surface area (Å²) in [7, 11) is 1.64. The van der Waals surface area contributed by atoms with Gasteiger partial charge >= 0.3 is 0 Å². The Hall–Kier alpha value is -2.66. The molecular formula is C21H22N2O2S. The third kappa shape index (κ3) is 3.78. The fourth-order valence-corrected chi connectivity index (χ4v) is 4.10. The first-order valence-corrected chi connectivity index (χ1v) is 9.25. The molecule has 0 saturated heterocycles. The van der Waals surface area contributed by atoms with Crippen molar-refractivity contribution in [2.75, 3.05) is 7.11 Å². The molecule has 0 fully saturated rings. The molecule has 0 bridgehead atoms. The van der Waals surface area contributed by atoms with E-state index < -0.39 is 0 Å². The van der Waals surface area contributed by atoms with Crippen LogP contribution in [0.5, 0.6) is 5.75 Å². The number of aromatic nitrogens is 1. The first-order valence-electron chi connectivity index (χ1n) is 8.44. The second-order valence-corrected chi connectivity index (χ2v) is 7.25. The van der Waals surface area contributed by atoms with E-state index in [-0.39, 0.29) is 12.3 Å². The van der Waals surface area contributed by atoms with Crippen LogP contribution >= 0.6 is 11.3 Å². The lowest BCUT2D eigenvalue weighted by Gasteiger charge is -2.06. The highest BCUT2D eigenvalue weighted by Gasteiger charge is 2.09. The standard InChI is InChI=1S/C21H22N2O2S/c1-5-10-23-17-8-6-14(2)11-19(17)26-21(23)22-20(24)13-16-7-9-18(25-4)15(3)12-16/h5-9,11-12H,1,10,13H2,2-4H3. The van der Waals surface area contributed by atoms with Gasteiger partial charge < -0.3 is 9.30 Å². The molecule has 0 unspecified atom stereocenters. The molecule has 0 aliphatic heterocycles. The molecule has 0 aliphatic carbocycles. The van der Waals surface area contributed by atoms with E-state index in [1.54, 1.807) is 7.11 Å². The molecule has 0 aliphatic rings. The van der Waals surface area contributed by atoms with Crippen molar-refractivity contribution in [3.05, 3.63) is 70.5 Å². The largest absolute Gasteiger partial charge is 0.496 e. The number of methoxy groups -OCH3 is 1. The van der Waals surface area contributed by atoms with Crippen molar-refractivity contribution in [2.24, 2.45) is 4.99 Å². The van der Waals surface area contributed by atoms with Crippen LogP contribution in [0.3, 0.4) is 0 Å². The van der Waals surface area contributed by atoms with Crippen molar-refractivity contribution < 1.29 is 9.53 Å². The topological polar surface area (TPSA) is 43.6 Å². The highest BCUT2D eigenvalue weighted by molar-refractivity contribution is 7.16. The molecule has 4 nitrogen and oxygen atoms in total. The summed E-state index contributed by atoms with van der Waals surface area (Å²) in [6.45, 7) is 8.47. The van der Waals surface area contributed by atoms with Gasteiger partial charge in [-0.1, -0.05) is 35.6 Å². The molecular weight excluding hydrogens is 344 g/mol. The molecule has 0 radical (unpaired) electrons. The van der Waals surface area contributed by atoms with Crippen molar-refractivity contribution in [1.82, 2.24) is 4.57 Å². The Morgan fingerprint density at radius 2 is 2.08 bits per heavy atom. The number of thiazole rings is 1. The van der Waals surface area contributed by atoms with Gasteiger partial charge in [-0.05, 0) is 48.7 Å². The molecule has 134 valence electrons. The number of amides is 1. The maximum absolute atomic E-state index is 12.5. The van der Waals surface area contributed by atoms with Crippen molar-refractivity contribution in [1.29, 1.82) is 0 Å². The lowest BCUT2D eigenvalue weighted by atomic mass is 10.1. The number of hydrogen-bond acceptors (Lipinski definition) is 3. The van der Waals surface area contributed by atoms with Crippen LogP contribution in [-0.4, -0.2) is 17.6 Å². The summed E-state index contributed by atoms with van der Waals surface area (Å²) in [6, 6.07) is 12.0. The zero-order valence-electron chi connectivity index (χ0n) is 15.3. The minimum absolute atomic E-state index is 0.157. The normalized spacial score (nSPS) is 11.7. The van der Waals surface area contributed by atoms with Crippen LogP contribution in [0.1, 0.15) is 16.7 Å². The number of carbonyl (C=O) groups is 1. The van der Waals surface area contributed by atoms with Gasteiger partial charge in [0.15, 0.2) is 4.80 Å². The quantitative estimate of drug-likeness (QED) is 0.636. The number of hydrogen-bond donors (Lipinski definition) is 0. The van der Waals surface area contributed by atoms with Crippen molar-refractivity contribution in [3.8, 4) is 5.75 Å². The summed E-state index contributed by atoms with van der Waals surface area (Å²) >= 11 is 1.53. The first kappa shape index (κ1) is 18.1. The molecule has 3 rings (SSSR count). The van der Waals surface area contributed by atoms with E-state index in [2.05, 4.69) is 36.7 Å². The van der Waals surface area contributed by atoms with Gasteiger partial charge in [0.25, 0.3) is 5.91 Å². The average molecular weight is 366 g/mol. The van der Waals surface area contributed by atoms with Gasteiger partial charge in [0.2, 0.25) is 0 Å². The number of fused-ring (bicyclic) bond motifs is 1. The molecule has 2 aromatic carbocycles. The molecule has 1 amide bonds. The Labute approximate surface area is 157 Å². The van der Waals surface area contributed by atoms with Crippen LogP contribution in [-0.2, 0) is 17.8 Å². The van der Waals surface area contributed by atoms with Gasteiger partial charge in [0.05, 0.1) is 23.7 Å². The van der Waals surface area contributed by atoms with E-state index in [4.69, 9.17) is 4.74 Å². The Morgan fingerprint density at radius 3 is 2.77 bits per heavy atom. The van der Waals surface area contributed by atoms with Crippen LogP contribution in [0.15, 0.2) is 54.0 Å². The molecule has 5 heteroatoms. The highest BCUT2D eigenvalue weighted by atomic mass is 32.1. The molecule has 0 spiro atoms. The Morgan fingerprint density at radius 1 is 1.27 bits per heavy atom. The number of aryl methyl sites for hydroxylation is 2. The zero-order valence-corrected chi connectivity index (χ0v) is 16.1. The van der Waals surface area contributed by atoms with Gasteiger partial charge in [-0.25, -0.2) is 0 Å². The summed E-state index contributed by atoms with van der Waals surface area (Å²) in [5.41, 5.74) is 4.21.